The normalized spacial score (nSPS) is 29.0. The van der Waals surface area contributed by atoms with Crippen molar-refractivity contribution in [1.29, 1.82) is 0 Å². The van der Waals surface area contributed by atoms with Crippen LogP contribution in [0, 0.1) is 6.92 Å². The first-order valence-corrected chi connectivity index (χ1v) is 5.67. The summed E-state index contributed by atoms with van der Waals surface area (Å²) in [6.45, 7) is 4.16. The van der Waals surface area contributed by atoms with E-state index in [0.29, 0.717) is 13.2 Å². The summed E-state index contributed by atoms with van der Waals surface area (Å²) in [5, 5.41) is 10.5. The van der Waals surface area contributed by atoms with Crippen molar-refractivity contribution < 1.29 is 14.3 Å². The Morgan fingerprint density at radius 2 is 1.88 bits per heavy atom. The van der Waals surface area contributed by atoms with E-state index in [1.807, 2.05) is 31.2 Å². The minimum Gasteiger partial charge on any atom is -0.357 e. The van der Waals surface area contributed by atoms with Gasteiger partial charge in [-0.3, -0.25) is 0 Å². The van der Waals surface area contributed by atoms with Crippen molar-refractivity contribution in [3.05, 3.63) is 35.4 Å². The summed E-state index contributed by atoms with van der Waals surface area (Å²) in [4.78, 5) is 0. The lowest BCUT2D eigenvalue weighted by molar-refractivity contribution is -0.912. The predicted octanol–water partition coefficient (Wildman–Crippen LogP) is 1.25. The Labute approximate surface area is 96.9 Å². The van der Waals surface area contributed by atoms with Crippen LogP contribution in [-0.4, -0.2) is 43.4 Å². The fourth-order valence-electron chi connectivity index (χ4n) is 2.16. The molecule has 0 aromatic heterocycles. The van der Waals surface area contributed by atoms with E-state index < -0.39 is 5.79 Å². The lowest BCUT2D eigenvalue weighted by Gasteiger charge is -2.42. The smallest absolute Gasteiger partial charge is 0.243 e. The third kappa shape index (κ3) is 2.26. The number of rotatable bonds is 1. The summed E-state index contributed by atoms with van der Waals surface area (Å²) in [5.74, 6) is -1.13. The first kappa shape index (κ1) is 11.6. The Bertz CT molecular complexity index is 372. The van der Waals surface area contributed by atoms with Crippen molar-refractivity contribution in [2.75, 3.05) is 33.8 Å². The van der Waals surface area contributed by atoms with Gasteiger partial charge in [0.15, 0.2) is 0 Å². The number of quaternary nitrogens is 1. The van der Waals surface area contributed by atoms with Crippen molar-refractivity contribution in [2.45, 2.75) is 12.7 Å². The van der Waals surface area contributed by atoms with E-state index in [4.69, 9.17) is 4.74 Å². The van der Waals surface area contributed by atoms with Gasteiger partial charge >= 0.3 is 0 Å². The molecule has 1 heterocycles. The van der Waals surface area contributed by atoms with Crippen LogP contribution < -0.4 is 0 Å². The second-order valence-electron chi connectivity index (χ2n) is 5.32. The summed E-state index contributed by atoms with van der Waals surface area (Å²) >= 11 is 0. The first-order valence-electron chi connectivity index (χ1n) is 5.67. The van der Waals surface area contributed by atoms with Gasteiger partial charge in [0.1, 0.15) is 13.1 Å². The SMILES string of the molecule is Cc1ccc([C@]2(O)C[N+](C)(C)CCO2)cc1. The predicted molar refractivity (Wildman–Crippen MR) is 62.9 cm³/mol. The van der Waals surface area contributed by atoms with Crippen molar-refractivity contribution in [3.8, 4) is 0 Å². The number of hydrogen-bond donors (Lipinski definition) is 1. The van der Waals surface area contributed by atoms with E-state index in [1.54, 1.807) is 0 Å². The number of morpholine rings is 1. The van der Waals surface area contributed by atoms with Crippen molar-refractivity contribution >= 4 is 0 Å². The molecule has 0 unspecified atom stereocenters. The molecule has 1 aromatic rings. The number of ether oxygens (including phenoxy) is 1. The van der Waals surface area contributed by atoms with Crippen LogP contribution in [0.4, 0.5) is 0 Å². The molecular weight excluding hydrogens is 202 g/mol. The molecule has 1 aliphatic heterocycles. The van der Waals surface area contributed by atoms with Gasteiger partial charge in [0, 0.05) is 5.56 Å². The maximum atomic E-state index is 10.5. The van der Waals surface area contributed by atoms with Crippen molar-refractivity contribution in [2.24, 2.45) is 0 Å². The van der Waals surface area contributed by atoms with Crippen molar-refractivity contribution in [1.82, 2.24) is 0 Å². The van der Waals surface area contributed by atoms with E-state index in [1.165, 1.54) is 5.56 Å². The van der Waals surface area contributed by atoms with Crippen LogP contribution in [0.1, 0.15) is 11.1 Å². The highest BCUT2D eigenvalue weighted by atomic mass is 16.6. The summed E-state index contributed by atoms with van der Waals surface area (Å²) < 4.78 is 6.35. The summed E-state index contributed by atoms with van der Waals surface area (Å²) in [6.07, 6.45) is 0. The zero-order valence-electron chi connectivity index (χ0n) is 10.2. The minimum atomic E-state index is -1.13. The van der Waals surface area contributed by atoms with Gasteiger partial charge in [-0.25, -0.2) is 0 Å². The molecule has 0 saturated carbocycles. The fourth-order valence-corrected chi connectivity index (χ4v) is 2.16. The number of benzene rings is 1. The van der Waals surface area contributed by atoms with Gasteiger partial charge in [-0.05, 0) is 6.92 Å². The lowest BCUT2D eigenvalue weighted by Crippen LogP contribution is -2.57. The minimum absolute atomic E-state index is 0.593. The Hall–Kier alpha value is -0.900. The monoisotopic (exact) mass is 222 g/mol. The topological polar surface area (TPSA) is 29.5 Å². The number of aryl methyl sites for hydroxylation is 1. The molecule has 16 heavy (non-hydrogen) atoms. The Morgan fingerprint density at radius 1 is 1.25 bits per heavy atom. The number of nitrogens with zero attached hydrogens (tertiary/aromatic N) is 1. The lowest BCUT2D eigenvalue weighted by atomic mass is 10.0. The molecular formula is C13H20NO2+. The largest absolute Gasteiger partial charge is 0.357 e. The zero-order chi connectivity index (χ0) is 11.8. The zero-order valence-corrected chi connectivity index (χ0v) is 10.2. The van der Waals surface area contributed by atoms with Gasteiger partial charge < -0.3 is 14.3 Å². The molecule has 3 heteroatoms. The van der Waals surface area contributed by atoms with Crippen LogP contribution in [0.5, 0.6) is 0 Å². The maximum absolute atomic E-state index is 10.5. The van der Waals surface area contributed by atoms with Crippen molar-refractivity contribution in [3.63, 3.8) is 0 Å². The van der Waals surface area contributed by atoms with Gasteiger partial charge in [-0.2, -0.15) is 0 Å². The van der Waals surface area contributed by atoms with E-state index in [-0.39, 0.29) is 0 Å². The van der Waals surface area contributed by atoms with Gasteiger partial charge in [0.05, 0.1) is 20.7 Å². The molecule has 1 aromatic carbocycles. The van der Waals surface area contributed by atoms with E-state index >= 15 is 0 Å². The Balaban J connectivity index is 2.27. The van der Waals surface area contributed by atoms with Gasteiger partial charge in [-0.15, -0.1) is 0 Å². The quantitative estimate of drug-likeness (QED) is 0.725. The molecule has 88 valence electrons. The second kappa shape index (κ2) is 3.84. The Morgan fingerprint density at radius 3 is 2.44 bits per heavy atom. The van der Waals surface area contributed by atoms with Crippen LogP contribution in [0.25, 0.3) is 0 Å². The molecule has 3 nitrogen and oxygen atoms in total. The highest BCUT2D eigenvalue weighted by Crippen LogP contribution is 2.29. The molecule has 0 bridgehead atoms. The van der Waals surface area contributed by atoms with Crippen LogP contribution >= 0.6 is 0 Å². The summed E-state index contributed by atoms with van der Waals surface area (Å²) in [5.41, 5.74) is 2.04. The van der Waals surface area contributed by atoms with Crippen LogP contribution in [0.3, 0.4) is 0 Å². The summed E-state index contributed by atoms with van der Waals surface area (Å²) in [6, 6.07) is 7.90. The van der Waals surface area contributed by atoms with Gasteiger partial charge in [-0.1, -0.05) is 29.8 Å². The molecule has 0 amide bonds. The van der Waals surface area contributed by atoms with Gasteiger partial charge in [0.25, 0.3) is 0 Å². The molecule has 0 aliphatic carbocycles. The molecule has 1 atom stereocenters. The number of aliphatic hydroxyl groups is 1. The van der Waals surface area contributed by atoms with Gasteiger partial charge in [0.2, 0.25) is 5.79 Å². The first-order chi connectivity index (χ1) is 7.41. The molecule has 0 radical (unpaired) electrons. The molecule has 1 fully saturated rings. The van der Waals surface area contributed by atoms with Crippen LogP contribution in [0.2, 0.25) is 0 Å². The standard InChI is InChI=1S/C13H20NO2/c1-11-4-6-12(7-5-11)13(15)10-14(2,3)8-9-16-13/h4-7,15H,8-10H2,1-3H3/q+1/t13-/m0/s1. The Kier molecular flexibility index (Phi) is 2.78. The number of hydrogen-bond acceptors (Lipinski definition) is 2. The highest BCUT2D eigenvalue weighted by molar-refractivity contribution is 5.25. The molecule has 1 aliphatic rings. The average molecular weight is 222 g/mol. The second-order valence-corrected chi connectivity index (χ2v) is 5.32. The third-order valence-corrected chi connectivity index (χ3v) is 3.18. The van der Waals surface area contributed by atoms with E-state index in [2.05, 4.69) is 14.1 Å². The summed E-state index contributed by atoms with van der Waals surface area (Å²) in [7, 11) is 4.23. The molecule has 1 N–H and O–H groups in total. The number of likely N-dealkylation sites (N-methyl/N-ethyl adjacent to an activating group) is 1. The average Bonchev–Trinajstić information content (AvgIpc) is 2.16. The van der Waals surface area contributed by atoms with Crippen LogP contribution in [-0.2, 0) is 10.5 Å². The fraction of sp³-hybridized carbons (Fsp3) is 0.538. The molecule has 2 rings (SSSR count). The highest BCUT2D eigenvalue weighted by Gasteiger charge is 2.42. The maximum Gasteiger partial charge on any atom is 0.243 e. The van der Waals surface area contributed by atoms with E-state index in [9.17, 15) is 5.11 Å². The van der Waals surface area contributed by atoms with E-state index in [0.717, 1.165) is 16.6 Å². The molecule has 0 spiro atoms. The van der Waals surface area contributed by atoms with Crippen LogP contribution in [0.15, 0.2) is 24.3 Å². The third-order valence-electron chi connectivity index (χ3n) is 3.18. The molecule has 1 saturated heterocycles.